The molecule has 3 aliphatic rings. The molecule has 652 valence electrons. The Bertz CT molecular complexity index is 8800. The standard InChI is InChI=1S/C131H100BN5/c1-129(2,3)99-79-108(94-50-34-46-89(72-94)85-38-14-9-15-39-85)127(109(80-99)95-51-35-47-90(73-95)86-40-16-10-17-41-86)136-122-83-102(134-116-61-29-24-56-104(116)105-57-25-30-62-117(105)134)67-69-114(122)132-115-70-68-103(135-118-63-31-26-58-106(118)107-59-27-32-64-119(107)135)84-123(115)137(125-78-98(77-124(136)126(125)132)93-66-71-121-113(76-93)131(7,8)112-60-28-33-65-120(112)133(121)101-54-22-13-23-55-101)128-110(96-52-36-48-91(74-96)87-42-18-11-19-43-87)81-100(130(4,5)6)82-111(128)97-53-37-49-92(75-97)88-44-20-12-21-45-88/h9-84H,1-8H3/i24D,25D,26D,27D,29D,30D,31D,32D,56D,57D,58D,59D,61D,62D,63D,64D. The molecule has 0 radical (unpaired) electrons. The van der Waals surface area contributed by atoms with Crippen LogP contribution in [-0.2, 0) is 16.2 Å². The van der Waals surface area contributed by atoms with Crippen LogP contribution in [0.4, 0.5) is 51.2 Å². The first-order chi connectivity index (χ1) is 73.6. The van der Waals surface area contributed by atoms with Crippen LogP contribution in [0, 0.1) is 0 Å². The molecule has 0 spiro atoms. The zero-order valence-electron chi connectivity index (χ0n) is 93.0. The molecule has 2 aromatic heterocycles. The summed E-state index contributed by atoms with van der Waals surface area (Å²) in [6.45, 7) is 17.1. The van der Waals surface area contributed by atoms with Crippen LogP contribution in [0.3, 0.4) is 0 Å². The minimum absolute atomic E-state index is 0.0795. The molecule has 0 aliphatic carbocycles. The first-order valence-electron chi connectivity index (χ1n) is 54.8. The molecule has 137 heavy (non-hydrogen) atoms. The van der Waals surface area contributed by atoms with Gasteiger partial charge in [0.25, 0.3) is 6.71 Å². The van der Waals surface area contributed by atoms with E-state index in [1.165, 1.54) is 0 Å². The normalized spacial score (nSPS) is 14.7. The summed E-state index contributed by atoms with van der Waals surface area (Å²) in [6, 6.07) is 119. The molecule has 0 saturated heterocycles. The summed E-state index contributed by atoms with van der Waals surface area (Å²) in [4.78, 5) is 7.16. The van der Waals surface area contributed by atoms with Crippen molar-refractivity contribution in [2.45, 2.75) is 71.6 Å². The van der Waals surface area contributed by atoms with Crippen LogP contribution < -0.4 is 31.1 Å². The summed E-state index contributed by atoms with van der Waals surface area (Å²) in [5, 5.41) is -0.392. The number of hydrogen-bond donors (Lipinski definition) is 0. The Kier molecular flexibility index (Phi) is 15.8. The lowest BCUT2D eigenvalue weighted by Gasteiger charge is -2.46. The van der Waals surface area contributed by atoms with Gasteiger partial charge in [0.05, 0.1) is 66.7 Å². The van der Waals surface area contributed by atoms with Crippen molar-refractivity contribution in [2.75, 3.05) is 14.7 Å². The van der Waals surface area contributed by atoms with Crippen LogP contribution >= 0.6 is 0 Å². The van der Waals surface area contributed by atoms with Gasteiger partial charge in [-0.15, -0.1) is 0 Å². The van der Waals surface area contributed by atoms with Gasteiger partial charge in [-0.3, -0.25) is 0 Å². The number of aromatic nitrogens is 2. The highest BCUT2D eigenvalue weighted by atomic mass is 15.2. The van der Waals surface area contributed by atoms with Crippen LogP contribution in [0.1, 0.15) is 99.6 Å². The predicted octanol–water partition coefficient (Wildman–Crippen LogP) is 33.7. The average Bonchev–Trinajstić information content (AvgIpc) is 1.43. The van der Waals surface area contributed by atoms with Crippen LogP contribution in [0.25, 0.3) is 155 Å². The van der Waals surface area contributed by atoms with Crippen molar-refractivity contribution in [2.24, 2.45) is 0 Å². The molecule has 20 aromatic carbocycles. The maximum atomic E-state index is 10.3. The van der Waals surface area contributed by atoms with Gasteiger partial charge in [-0.2, -0.15) is 0 Å². The maximum Gasteiger partial charge on any atom is 0.252 e. The van der Waals surface area contributed by atoms with E-state index < -0.39 is 120 Å². The highest BCUT2D eigenvalue weighted by Gasteiger charge is 2.47. The second-order valence-corrected chi connectivity index (χ2v) is 38.8. The number of hydrogen-bond acceptors (Lipinski definition) is 3. The van der Waals surface area contributed by atoms with E-state index in [2.05, 4.69) is 331 Å². The van der Waals surface area contributed by atoms with Crippen LogP contribution in [0.15, 0.2) is 461 Å². The van der Waals surface area contributed by atoms with Crippen LogP contribution in [-0.4, -0.2) is 15.8 Å². The predicted molar refractivity (Wildman–Crippen MR) is 582 cm³/mol. The SMILES string of the molecule is [2H]c1c([2H])c([2H])c2c(c1[2H])c1c([2H])c([2H])c([2H])c([2H])c1n2-c1ccc2c(c1)N(c1c(-c3cccc(-c4ccccc4)c3)cc(C(C)(C)C)cc1-c1cccc(-c3ccccc3)c1)c1cc(-c3ccc4c(c3)C(C)(C)c3ccccc3N4c3ccccc3)cc3c1B2c1ccc(-n2c4c([2H])c([2H])c([2H])c([2H])c4c4c([2H])c([2H])c([2H])c([2H])c42)cc1N3c1c(-c2cccc(-c3ccccc3)c2)cc(C(C)(C)C)cc1-c1cccc(-c2ccccc2)c1. The summed E-state index contributed by atoms with van der Waals surface area (Å²) in [6.07, 6.45) is 0. The van der Waals surface area contributed by atoms with E-state index in [4.69, 9.17) is 0 Å². The summed E-state index contributed by atoms with van der Waals surface area (Å²) < 4.78 is 160. The molecule has 0 fully saturated rings. The van der Waals surface area contributed by atoms with Crippen LogP contribution in [0.2, 0.25) is 0 Å². The van der Waals surface area contributed by atoms with Gasteiger partial charge in [0.15, 0.2) is 0 Å². The summed E-state index contributed by atoms with van der Waals surface area (Å²) in [7, 11) is 0. The van der Waals surface area contributed by atoms with Crippen LogP contribution in [0.5, 0.6) is 0 Å². The Morgan fingerprint density at radius 1 is 0.234 bits per heavy atom. The molecule has 0 atom stereocenters. The van der Waals surface area contributed by atoms with Crippen molar-refractivity contribution < 1.29 is 21.9 Å². The van der Waals surface area contributed by atoms with Crippen molar-refractivity contribution in [3.8, 4) is 112 Å². The third-order valence-corrected chi connectivity index (χ3v) is 28.2. The Hall–Kier alpha value is -16.5. The van der Waals surface area contributed by atoms with E-state index in [0.717, 1.165) is 145 Å². The topological polar surface area (TPSA) is 19.6 Å². The molecular weight excluding hydrogens is 1650 g/mol. The lowest BCUT2D eigenvalue weighted by atomic mass is 9.33. The largest absolute Gasteiger partial charge is 0.310 e. The van der Waals surface area contributed by atoms with Gasteiger partial charge in [0.2, 0.25) is 0 Å². The lowest BCUT2D eigenvalue weighted by molar-refractivity contribution is 0.590. The second-order valence-electron chi connectivity index (χ2n) is 38.8. The molecule has 3 aliphatic heterocycles. The van der Waals surface area contributed by atoms with Gasteiger partial charge in [-0.1, -0.05) is 377 Å². The Labute approximate surface area is 825 Å². The number of anilines is 9. The van der Waals surface area contributed by atoms with E-state index in [9.17, 15) is 21.9 Å². The fourth-order valence-corrected chi connectivity index (χ4v) is 21.5. The number of nitrogens with zero attached hydrogens (tertiary/aromatic N) is 5. The summed E-state index contributed by atoms with van der Waals surface area (Å²) in [5.41, 5.74) is 27.4. The molecule has 0 bridgehead atoms. The smallest absolute Gasteiger partial charge is 0.252 e. The maximum absolute atomic E-state index is 10.3. The van der Waals surface area contributed by atoms with E-state index in [-0.39, 0.29) is 55.0 Å². The zero-order chi connectivity index (χ0) is 106. The monoisotopic (exact) mass is 1770 g/mol. The van der Waals surface area contributed by atoms with Gasteiger partial charge in [0, 0.05) is 89.0 Å². The molecule has 0 amide bonds. The third kappa shape index (κ3) is 13.8. The molecule has 5 nitrogen and oxygen atoms in total. The molecular formula is C131H100BN5. The average molecular weight is 1770 g/mol. The second kappa shape index (κ2) is 32.4. The third-order valence-electron chi connectivity index (χ3n) is 28.2. The van der Waals surface area contributed by atoms with Gasteiger partial charge in [-0.25, -0.2) is 0 Å². The number of fused-ring (bicyclic) bond motifs is 12. The van der Waals surface area contributed by atoms with Crippen molar-refractivity contribution in [1.82, 2.24) is 9.13 Å². The molecule has 0 saturated carbocycles. The highest BCUT2D eigenvalue weighted by molar-refractivity contribution is 7.00. The van der Waals surface area contributed by atoms with E-state index >= 15 is 0 Å². The number of para-hydroxylation sites is 6. The first kappa shape index (κ1) is 66.8. The minimum Gasteiger partial charge on any atom is -0.310 e. The van der Waals surface area contributed by atoms with E-state index in [0.29, 0.717) is 45.0 Å². The fraction of sp³-hybridized carbons (Fsp3) is 0.0840. The van der Waals surface area contributed by atoms with Crippen molar-refractivity contribution in [3.63, 3.8) is 0 Å². The lowest BCUT2D eigenvalue weighted by Crippen LogP contribution is -2.61. The highest BCUT2D eigenvalue weighted by Crippen LogP contribution is 2.59. The zero-order valence-corrected chi connectivity index (χ0v) is 77.0. The number of benzene rings is 20. The van der Waals surface area contributed by atoms with Gasteiger partial charge in [0.1, 0.15) is 0 Å². The van der Waals surface area contributed by atoms with Gasteiger partial charge >= 0.3 is 0 Å². The van der Waals surface area contributed by atoms with E-state index in [1.54, 1.807) is 9.13 Å². The molecule has 6 heteroatoms. The fourth-order valence-electron chi connectivity index (χ4n) is 21.5. The van der Waals surface area contributed by atoms with Crippen molar-refractivity contribution >= 4 is 118 Å². The van der Waals surface area contributed by atoms with Gasteiger partial charge < -0.3 is 23.8 Å². The molecule has 5 heterocycles. The Morgan fingerprint density at radius 3 is 0.912 bits per heavy atom. The Morgan fingerprint density at radius 2 is 0.547 bits per heavy atom. The first-order valence-corrected chi connectivity index (χ1v) is 46.8. The summed E-state index contributed by atoms with van der Waals surface area (Å²) in [5.74, 6) is 0. The molecule has 25 rings (SSSR count). The quantitative estimate of drug-likeness (QED) is 0.101. The molecule has 0 N–H and O–H groups in total. The number of rotatable bonds is 14. The van der Waals surface area contributed by atoms with Crippen molar-refractivity contribution in [3.05, 3.63) is 483 Å². The van der Waals surface area contributed by atoms with Gasteiger partial charge in [-0.05, 0) is 267 Å². The summed E-state index contributed by atoms with van der Waals surface area (Å²) >= 11 is 0. The molecule has 22 aromatic rings. The van der Waals surface area contributed by atoms with E-state index in [1.807, 2.05) is 103 Å². The van der Waals surface area contributed by atoms with Crippen molar-refractivity contribution in [1.29, 1.82) is 0 Å². The minimum atomic E-state index is -0.921. The molecule has 0 unspecified atom stereocenters. The Balaban J connectivity index is 0.920.